The standard InChI is InChI=1S/C21H20ClNO4/c1-2-3-12-27-16-10-6-14(7-11-16)19(24)17-18(23-21(26)20(17)25)13-4-8-15(22)9-5-13/h4-11,18,24H,2-3,12H2,1H3,(H,23,26)/b19-17+. The van der Waals surface area contributed by atoms with Crippen molar-refractivity contribution in [1.82, 2.24) is 5.32 Å². The van der Waals surface area contributed by atoms with E-state index in [1.807, 2.05) is 0 Å². The molecule has 140 valence electrons. The number of halogens is 1. The van der Waals surface area contributed by atoms with E-state index in [0.29, 0.717) is 28.5 Å². The average molecular weight is 386 g/mol. The Kier molecular flexibility index (Phi) is 5.81. The van der Waals surface area contributed by atoms with Crippen LogP contribution in [0.2, 0.25) is 5.02 Å². The Morgan fingerprint density at radius 2 is 1.78 bits per heavy atom. The number of rotatable bonds is 6. The number of carbonyl (C=O) groups excluding carboxylic acids is 2. The van der Waals surface area contributed by atoms with Crippen molar-refractivity contribution >= 4 is 29.1 Å². The van der Waals surface area contributed by atoms with Crippen LogP contribution in [0.25, 0.3) is 5.76 Å². The Hall–Kier alpha value is -2.79. The van der Waals surface area contributed by atoms with Gasteiger partial charge in [0.1, 0.15) is 11.5 Å². The molecule has 5 nitrogen and oxygen atoms in total. The van der Waals surface area contributed by atoms with Gasteiger partial charge < -0.3 is 15.2 Å². The lowest BCUT2D eigenvalue weighted by molar-refractivity contribution is -0.133. The number of unbranched alkanes of at least 4 members (excludes halogenated alkanes) is 1. The molecule has 2 aromatic carbocycles. The second-order valence-electron chi connectivity index (χ2n) is 6.28. The Balaban J connectivity index is 1.91. The molecule has 3 rings (SSSR count). The van der Waals surface area contributed by atoms with E-state index in [0.717, 1.165) is 12.8 Å². The summed E-state index contributed by atoms with van der Waals surface area (Å²) in [5.74, 6) is -1.02. The number of carbonyl (C=O) groups is 2. The van der Waals surface area contributed by atoms with Crippen molar-refractivity contribution in [2.75, 3.05) is 6.61 Å². The molecule has 1 fully saturated rings. The van der Waals surface area contributed by atoms with Gasteiger partial charge in [0.2, 0.25) is 0 Å². The molecule has 2 N–H and O–H groups in total. The van der Waals surface area contributed by atoms with Gasteiger partial charge in [-0.25, -0.2) is 0 Å². The maximum Gasteiger partial charge on any atom is 0.293 e. The summed E-state index contributed by atoms with van der Waals surface area (Å²) in [6.45, 7) is 2.71. The van der Waals surface area contributed by atoms with E-state index in [-0.39, 0.29) is 11.3 Å². The molecule has 0 bridgehead atoms. The van der Waals surface area contributed by atoms with E-state index in [2.05, 4.69) is 12.2 Å². The number of nitrogens with one attached hydrogen (secondary N) is 1. The lowest BCUT2D eigenvalue weighted by Crippen LogP contribution is -2.21. The molecule has 0 spiro atoms. The predicted octanol–water partition coefficient (Wildman–Crippen LogP) is 4.23. The zero-order valence-electron chi connectivity index (χ0n) is 14.9. The Labute approximate surface area is 162 Å². The van der Waals surface area contributed by atoms with Gasteiger partial charge in [0, 0.05) is 10.6 Å². The molecule has 0 radical (unpaired) electrons. The summed E-state index contributed by atoms with van der Waals surface area (Å²) in [6, 6.07) is 12.8. The largest absolute Gasteiger partial charge is 0.507 e. The molecule has 1 aliphatic heterocycles. The van der Waals surface area contributed by atoms with Gasteiger partial charge in [0.25, 0.3) is 11.7 Å². The van der Waals surface area contributed by atoms with Crippen LogP contribution in [0, 0.1) is 0 Å². The van der Waals surface area contributed by atoms with Gasteiger partial charge in [-0.1, -0.05) is 37.1 Å². The van der Waals surface area contributed by atoms with Crippen molar-refractivity contribution in [3.63, 3.8) is 0 Å². The van der Waals surface area contributed by atoms with E-state index in [1.165, 1.54) is 0 Å². The van der Waals surface area contributed by atoms with E-state index < -0.39 is 17.7 Å². The third-order valence-electron chi connectivity index (χ3n) is 4.37. The van der Waals surface area contributed by atoms with Gasteiger partial charge in [-0.2, -0.15) is 0 Å². The molecular formula is C21H20ClNO4. The van der Waals surface area contributed by atoms with Crippen LogP contribution in [0.5, 0.6) is 5.75 Å². The third kappa shape index (κ3) is 4.14. The Morgan fingerprint density at radius 1 is 1.11 bits per heavy atom. The van der Waals surface area contributed by atoms with Crippen molar-refractivity contribution in [3.8, 4) is 5.75 Å². The number of ether oxygens (including phenoxy) is 1. The van der Waals surface area contributed by atoms with Gasteiger partial charge in [-0.15, -0.1) is 0 Å². The molecule has 0 aliphatic carbocycles. The highest BCUT2D eigenvalue weighted by Crippen LogP contribution is 2.33. The molecule has 27 heavy (non-hydrogen) atoms. The van der Waals surface area contributed by atoms with Gasteiger partial charge >= 0.3 is 0 Å². The minimum atomic E-state index is -0.740. The SMILES string of the molecule is CCCCOc1ccc(/C(O)=C2\C(=O)C(=O)NC2c2ccc(Cl)cc2)cc1. The summed E-state index contributed by atoms with van der Waals surface area (Å²) < 4.78 is 5.60. The zero-order chi connectivity index (χ0) is 19.4. The first-order chi connectivity index (χ1) is 13.0. The number of benzene rings is 2. The highest BCUT2D eigenvalue weighted by molar-refractivity contribution is 6.46. The lowest BCUT2D eigenvalue weighted by Gasteiger charge is -2.14. The van der Waals surface area contributed by atoms with Crippen molar-refractivity contribution in [3.05, 3.63) is 70.3 Å². The molecule has 1 heterocycles. The maximum absolute atomic E-state index is 12.3. The lowest BCUT2D eigenvalue weighted by atomic mass is 9.96. The third-order valence-corrected chi connectivity index (χ3v) is 4.62. The van der Waals surface area contributed by atoms with Crippen LogP contribution in [0.1, 0.15) is 36.9 Å². The van der Waals surface area contributed by atoms with Crippen LogP contribution >= 0.6 is 11.6 Å². The van der Waals surface area contributed by atoms with Gasteiger partial charge in [-0.3, -0.25) is 9.59 Å². The van der Waals surface area contributed by atoms with Gasteiger partial charge in [0.05, 0.1) is 18.2 Å². The van der Waals surface area contributed by atoms with E-state index in [4.69, 9.17) is 16.3 Å². The highest BCUT2D eigenvalue weighted by atomic mass is 35.5. The molecule has 6 heteroatoms. The topological polar surface area (TPSA) is 75.6 Å². The number of hydrogen-bond acceptors (Lipinski definition) is 4. The first kappa shape index (κ1) is 19.0. The average Bonchev–Trinajstić information content (AvgIpc) is 2.97. The van der Waals surface area contributed by atoms with Crippen LogP contribution in [0.3, 0.4) is 0 Å². The second kappa shape index (κ2) is 8.27. The fourth-order valence-electron chi connectivity index (χ4n) is 2.87. The van der Waals surface area contributed by atoms with Crippen LogP contribution in [0.15, 0.2) is 54.1 Å². The number of aliphatic hydroxyl groups is 1. The molecule has 0 aromatic heterocycles. The molecule has 1 saturated heterocycles. The monoisotopic (exact) mass is 385 g/mol. The van der Waals surface area contributed by atoms with Gasteiger partial charge in [-0.05, 0) is 48.4 Å². The van der Waals surface area contributed by atoms with Crippen molar-refractivity contribution in [1.29, 1.82) is 0 Å². The first-order valence-corrected chi connectivity index (χ1v) is 9.16. The number of amides is 1. The predicted molar refractivity (Wildman–Crippen MR) is 104 cm³/mol. The maximum atomic E-state index is 12.3. The molecule has 1 unspecified atom stereocenters. The summed E-state index contributed by atoms with van der Waals surface area (Å²) in [5.41, 5.74) is 1.14. The minimum absolute atomic E-state index is 0.0296. The zero-order valence-corrected chi connectivity index (χ0v) is 15.6. The summed E-state index contributed by atoms with van der Waals surface area (Å²) in [5, 5.41) is 13.9. The summed E-state index contributed by atoms with van der Waals surface area (Å²) in [7, 11) is 0. The molecule has 0 saturated carbocycles. The fraction of sp³-hybridized carbons (Fsp3) is 0.238. The van der Waals surface area contributed by atoms with Crippen LogP contribution in [-0.4, -0.2) is 23.4 Å². The number of ketones is 1. The summed E-state index contributed by atoms with van der Waals surface area (Å²) >= 11 is 5.90. The van der Waals surface area contributed by atoms with Crippen LogP contribution in [-0.2, 0) is 9.59 Å². The number of aliphatic hydroxyl groups excluding tert-OH is 1. The van der Waals surface area contributed by atoms with Crippen LogP contribution in [0.4, 0.5) is 0 Å². The van der Waals surface area contributed by atoms with Crippen LogP contribution < -0.4 is 10.1 Å². The van der Waals surface area contributed by atoms with E-state index in [9.17, 15) is 14.7 Å². The Morgan fingerprint density at radius 3 is 2.41 bits per heavy atom. The van der Waals surface area contributed by atoms with Crippen molar-refractivity contribution < 1.29 is 19.4 Å². The molecular weight excluding hydrogens is 366 g/mol. The second-order valence-corrected chi connectivity index (χ2v) is 6.71. The highest BCUT2D eigenvalue weighted by Gasteiger charge is 2.39. The number of Topliss-reactive ketones (excluding diaryl/α,β-unsaturated/α-hetero) is 1. The molecule has 1 amide bonds. The fourth-order valence-corrected chi connectivity index (χ4v) is 3.00. The summed E-state index contributed by atoms with van der Waals surface area (Å²) in [6.07, 6.45) is 2.00. The quantitative estimate of drug-likeness (QED) is 0.338. The molecule has 2 aromatic rings. The smallest absolute Gasteiger partial charge is 0.293 e. The van der Waals surface area contributed by atoms with Gasteiger partial charge in [0.15, 0.2) is 0 Å². The van der Waals surface area contributed by atoms with E-state index in [1.54, 1.807) is 48.5 Å². The number of hydrogen-bond donors (Lipinski definition) is 2. The molecule has 1 aliphatic rings. The van der Waals surface area contributed by atoms with Crippen molar-refractivity contribution in [2.24, 2.45) is 0 Å². The summed E-state index contributed by atoms with van der Waals surface area (Å²) in [4.78, 5) is 24.3. The molecule has 1 atom stereocenters. The normalized spacial score (nSPS) is 18.4. The van der Waals surface area contributed by atoms with Crippen molar-refractivity contribution in [2.45, 2.75) is 25.8 Å². The minimum Gasteiger partial charge on any atom is -0.507 e. The van der Waals surface area contributed by atoms with E-state index >= 15 is 0 Å². The Bertz CT molecular complexity index is 872. The first-order valence-electron chi connectivity index (χ1n) is 8.78.